The molecule has 1 amide bonds. The summed E-state index contributed by atoms with van der Waals surface area (Å²) in [6.07, 6.45) is 0. The fourth-order valence-corrected chi connectivity index (χ4v) is 2.70. The van der Waals surface area contributed by atoms with E-state index in [9.17, 15) is 25.0 Å². The van der Waals surface area contributed by atoms with Gasteiger partial charge in [-0.05, 0) is 24.7 Å². The standard InChI is InChI=1S/C16H14Cl2N4O5/c1-20(8-10-6-11(21(24)25)2-4-13(10)17)9-16(23)19-15-5-3-12(22(26)27)7-14(15)18/h2-7H,8-9H2,1H3,(H,19,23). The van der Waals surface area contributed by atoms with E-state index < -0.39 is 15.8 Å². The fourth-order valence-electron chi connectivity index (χ4n) is 2.30. The van der Waals surface area contributed by atoms with Crippen molar-refractivity contribution in [2.45, 2.75) is 6.54 Å². The van der Waals surface area contributed by atoms with Crippen LogP contribution < -0.4 is 5.32 Å². The summed E-state index contributed by atoms with van der Waals surface area (Å²) in [7, 11) is 1.65. The molecule has 0 heterocycles. The number of likely N-dealkylation sites (N-methyl/N-ethyl adjacent to an activating group) is 1. The molecule has 0 fully saturated rings. The first-order chi connectivity index (χ1) is 12.7. The Hall–Kier alpha value is -2.75. The maximum absolute atomic E-state index is 12.2. The minimum absolute atomic E-state index is 0.0435. The molecule has 142 valence electrons. The topological polar surface area (TPSA) is 119 Å². The van der Waals surface area contributed by atoms with E-state index in [4.69, 9.17) is 23.2 Å². The van der Waals surface area contributed by atoms with Gasteiger partial charge in [-0.3, -0.25) is 29.9 Å². The number of halogens is 2. The molecule has 2 aromatic carbocycles. The predicted octanol–water partition coefficient (Wildman–Crippen LogP) is 3.88. The van der Waals surface area contributed by atoms with Crippen LogP contribution in [0.2, 0.25) is 10.0 Å². The van der Waals surface area contributed by atoms with Crippen LogP contribution in [0.25, 0.3) is 0 Å². The Labute approximate surface area is 163 Å². The molecular formula is C16H14Cl2N4O5. The second-order valence-electron chi connectivity index (χ2n) is 5.67. The van der Waals surface area contributed by atoms with Gasteiger partial charge in [-0.2, -0.15) is 0 Å². The molecule has 0 aliphatic rings. The Kier molecular flexibility index (Phi) is 6.67. The van der Waals surface area contributed by atoms with Crippen molar-refractivity contribution in [2.24, 2.45) is 0 Å². The van der Waals surface area contributed by atoms with Gasteiger partial charge in [0.2, 0.25) is 5.91 Å². The van der Waals surface area contributed by atoms with E-state index in [1.54, 1.807) is 11.9 Å². The Balaban J connectivity index is 2.01. The third-order valence-corrected chi connectivity index (χ3v) is 4.21. The van der Waals surface area contributed by atoms with Crippen molar-refractivity contribution in [3.05, 3.63) is 72.2 Å². The van der Waals surface area contributed by atoms with Gasteiger partial charge in [0.05, 0.1) is 27.1 Å². The number of nitrogens with one attached hydrogen (secondary N) is 1. The highest BCUT2D eigenvalue weighted by Crippen LogP contribution is 2.27. The van der Waals surface area contributed by atoms with Crippen LogP contribution in [0.15, 0.2) is 36.4 Å². The highest BCUT2D eigenvalue weighted by molar-refractivity contribution is 6.34. The van der Waals surface area contributed by atoms with E-state index in [0.717, 1.165) is 6.07 Å². The summed E-state index contributed by atoms with van der Waals surface area (Å²) in [6, 6.07) is 7.80. The number of carbonyl (C=O) groups excluding carboxylic acids is 1. The monoisotopic (exact) mass is 412 g/mol. The number of hydrogen-bond acceptors (Lipinski definition) is 6. The van der Waals surface area contributed by atoms with Crippen LogP contribution in [-0.2, 0) is 11.3 Å². The average molecular weight is 413 g/mol. The van der Waals surface area contributed by atoms with Crippen molar-refractivity contribution < 1.29 is 14.6 Å². The lowest BCUT2D eigenvalue weighted by molar-refractivity contribution is -0.385. The van der Waals surface area contributed by atoms with Crippen molar-refractivity contribution in [1.82, 2.24) is 4.90 Å². The lowest BCUT2D eigenvalue weighted by Gasteiger charge is -2.17. The van der Waals surface area contributed by atoms with Crippen LogP contribution in [0.4, 0.5) is 17.1 Å². The van der Waals surface area contributed by atoms with Gasteiger partial charge < -0.3 is 5.32 Å². The summed E-state index contributed by atoms with van der Waals surface area (Å²) >= 11 is 12.0. The second kappa shape index (κ2) is 8.76. The largest absolute Gasteiger partial charge is 0.324 e. The van der Waals surface area contributed by atoms with Crippen LogP contribution >= 0.6 is 23.2 Å². The molecule has 0 saturated carbocycles. The lowest BCUT2D eigenvalue weighted by atomic mass is 10.2. The number of amides is 1. The summed E-state index contributed by atoms with van der Waals surface area (Å²) in [6.45, 7) is 0.161. The van der Waals surface area contributed by atoms with Gasteiger partial charge in [0, 0.05) is 35.8 Å². The van der Waals surface area contributed by atoms with E-state index in [1.807, 2.05) is 0 Å². The zero-order valence-electron chi connectivity index (χ0n) is 14.0. The zero-order valence-corrected chi connectivity index (χ0v) is 15.5. The SMILES string of the molecule is CN(CC(=O)Nc1ccc([N+](=O)[O-])cc1Cl)Cc1cc([N+](=O)[O-])ccc1Cl. The first kappa shape index (κ1) is 20.6. The Morgan fingerprint density at radius 2 is 1.63 bits per heavy atom. The van der Waals surface area contributed by atoms with E-state index in [0.29, 0.717) is 10.6 Å². The molecule has 0 aliphatic heterocycles. The van der Waals surface area contributed by atoms with Gasteiger partial charge in [-0.25, -0.2) is 0 Å². The molecule has 27 heavy (non-hydrogen) atoms. The minimum Gasteiger partial charge on any atom is -0.324 e. The van der Waals surface area contributed by atoms with Crippen LogP contribution in [0.1, 0.15) is 5.56 Å². The second-order valence-corrected chi connectivity index (χ2v) is 6.49. The summed E-state index contributed by atoms with van der Waals surface area (Å²) in [5, 5.41) is 24.5. The zero-order chi connectivity index (χ0) is 20.1. The summed E-state index contributed by atoms with van der Waals surface area (Å²) < 4.78 is 0. The number of nitro groups is 2. The maximum Gasteiger partial charge on any atom is 0.271 e. The fraction of sp³-hybridized carbons (Fsp3) is 0.188. The van der Waals surface area contributed by atoms with E-state index in [-0.39, 0.29) is 35.2 Å². The molecular weight excluding hydrogens is 399 g/mol. The molecule has 0 bridgehead atoms. The molecule has 0 saturated heterocycles. The molecule has 9 nitrogen and oxygen atoms in total. The average Bonchev–Trinajstić information content (AvgIpc) is 2.58. The number of hydrogen-bond donors (Lipinski definition) is 1. The Morgan fingerprint density at radius 1 is 1.04 bits per heavy atom. The lowest BCUT2D eigenvalue weighted by Crippen LogP contribution is -2.30. The van der Waals surface area contributed by atoms with Crippen molar-refractivity contribution in [3.8, 4) is 0 Å². The van der Waals surface area contributed by atoms with E-state index in [1.165, 1.54) is 30.3 Å². The van der Waals surface area contributed by atoms with Crippen molar-refractivity contribution in [1.29, 1.82) is 0 Å². The Bertz CT molecular complexity index is 906. The molecule has 0 atom stereocenters. The van der Waals surface area contributed by atoms with Gasteiger partial charge in [0.25, 0.3) is 11.4 Å². The van der Waals surface area contributed by atoms with Crippen LogP contribution in [0.3, 0.4) is 0 Å². The number of non-ortho nitro benzene ring substituents is 2. The van der Waals surface area contributed by atoms with Crippen LogP contribution in [0, 0.1) is 20.2 Å². The molecule has 0 spiro atoms. The molecule has 0 aliphatic carbocycles. The number of benzene rings is 2. The van der Waals surface area contributed by atoms with Crippen molar-refractivity contribution in [3.63, 3.8) is 0 Å². The van der Waals surface area contributed by atoms with Gasteiger partial charge in [-0.15, -0.1) is 0 Å². The van der Waals surface area contributed by atoms with Crippen molar-refractivity contribution >= 4 is 46.2 Å². The molecule has 0 aromatic heterocycles. The number of nitro benzene ring substituents is 2. The summed E-state index contributed by atoms with van der Waals surface area (Å²) in [5.74, 6) is -0.408. The first-order valence-corrected chi connectivity index (χ1v) is 8.28. The van der Waals surface area contributed by atoms with Crippen LogP contribution in [0.5, 0.6) is 0 Å². The van der Waals surface area contributed by atoms with Gasteiger partial charge in [-0.1, -0.05) is 23.2 Å². The molecule has 0 radical (unpaired) electrons. The molecule has 2 aromatic rings. The third kappa shape index (κ3) is 5.61. The van der Waals surface area contributed by atoms with E-state index >= 15 is 0 Å². The highest BCUT2D eigenvalue weighted by Gasteiger charge is 2.15. The quantitative estimate of drug-likeness (QED) is 0.544. The Morgan fingerprint density at radius 3 is 2.22 bits per heavy atom. The molecule has 0 unspecified atom stereocenters. The van der Waals surface area contributed by atoms with Gasteiger partial charge >= 0.3 is 0 Å². The van der Waals surface area contributed by atoms with E-state index in [2.05, 4.69) is 5.32 Å². The van der Waals surface area contributed by atoms with Gasteiger partial charge in [0.1, 0.15) is 0 Å². The summed E-state index contributed by atoms with van der Waals surface area (Å²) in [4.78, 5) is 34.2. The van der Waals surface area contributed by atoms with Gasteiger partial charge in [0.15, 0.2) is 0 Å². The smallest absolute Gasteiger partial charge is 0.271 e. The van der Waals surface area contributed by atoms with Crippen molar-refractivity contribution in [2.75, 3.05) is 18.9 Å². The normalized spacial score (nSPS) is 10.7. The highest BCUT2D eigenvalue weighted by atomic mass is 35.5. The number of rotatable bonds is 7. The number of nitrogens with zero attached hydrogens (tertiary/aromatic N) is 3. The molecule has 2 rings (SSSR count). The molecule has 11 heteroatoms. The maximum atomic E-state index is 12.2. The summed E-state index contributed by atoms with van der Waals surface area (Å²) in [5.41, 5.74) is 0.476. The molecule has 1 N–H and O–H groups in total. The predicted molar refractivity (Wildman–Crippen MR) is 101 cm³/mol. The first-order valence-electron chi connectivity index (χ1n) is 7.52. The number of carbonyl (C=O) groups is 1. The number of anilines is 1. The van der Waals surface area contributed by atoms with Crippen LogP contribution in [-0.4, -0.2) is 34.2 Å². The minimum atomic E-state index is -0.589. The third-order valence-electron chi connectivity index (χ3n) is 3.53.